The molecule has 10 nitrogen and oxygen atoms in total. The zero-order valence-corrected chi connectivity index (χ0v) is 22.5. The maximum Gasteiger partial charge on any atom is 0.338 e. The number of hydrogen-bond acceptors (Lipinski definition) is 7. The van der Waals surface area contributed by atoms with E-state index < -0.39 is 24.0 Å². The van der Waals surface area contributed by atoms with E-state index in [0.29, 0.717) is 17.0 Å². The molecule has 0 spiro atoms. The maximum atomic E-state index is 12.8. The summed E-state index contributed by atoms with van der Waals surface area (Å²) in [6.45, 7) is 3.44. The van der Waals surface area contributed by atoms with Crippen molar-refractivity contribution in [3.8, 4) is 16.9 Å². The summed E-state index contributed by atoms with van der Waals surface area (Å²) in [6.07, 6.45) is 6.16. The Balaban J connectivity index is 1.39. The van der Waals surface area contributed by atoms with Crippen molar-refractivity contribution in [1.82, 2.24) is 20.4 Å². The molecule has 41 heavy (non-hydrogen) atoms. The largest absolute Gasteiger partial charge is 0.467 e. The molecule has 1 atom stereocenters. The number of carbonyl (C=O) groups is 3. The van der Waals surface area contributed by atoms with Crippen molar-refractivity contribution >= 4 is 24.0 Å². The molecule has 4 aromatic rings. The number of esters is 2. The van der Waals surface area contributed by atoms with E-state index in [-0.39, 0.29) is 24.5 Å². The summed E-state index contributed by atoms with van der Waals surface area (Å²) >= 11 is 0. The van der Waals surface area contributed by atoms with E-state index in [1.54, 1.807) is 29.8 Å². The lowest BCUT2D eigenvalue weighted by Gasteiger charge is -2.27. The van der Waals surface area contributed by atoms with Gasteiger partial charge in [-0.3, -0.25) is 0 Å². The van der Waals surface area contributed by atoms with E-state index in [2.05, 4.69) is 10.6 Å². The van der Waals surface area contributed by atoms with E-state index in [0.717, 1.165) is 16.8 Å². The van der Waals surface area contributed by atoms with Crippen LogP contribution in [0.15, 0.2) is 101 Å². The molecule has 3 heterocycles. The number of carbonyl (C=O) groups excluding carboxylic acids is 3. The van der Waals surface area contributed by atoms with E-state index in [1.165, 1.54) is 12.3 Å². The van der Waals surface area contributed by atoms with Crippen LogP contribution in [0.1, 0.15) is 29.9 Å². The van der Waals surface area contributed by atoms with Gasteiger partial charge in [-0.05, 0) is 44.2 Å². The molecule has 2 aromatic heterocycles. The van der Waals surface area contributed by atoms with E-state index >= 15 is 0 Å². The minimum absolute atomic E-state index is 0.0870. The molecule has 208 valence electrons. The van der Waals surface area contributed by atoms with Gasteiger partial charge in [0, 0.05) is 23.4 Å². The minimum atomic E-state index is -0.900. The molecule has 0 saturated heterocycles. The number of amides is 2. The van der Waals surface area contributed by atoms with Crippen molar-refractivity contribution in [2.24, 2.45) is 0 Å². The van der Waals surface area contributed by atoms with Crippen LogP contribution in [0.3, 0.4) is 0 Å². The van der Waals surface area contributed by atoms with Gasteiger partial charge < -0.3 is 24.5 Å². The van der Waals surface area contributed by atoms with Gasteiger partial charge in [-0.1, -0.05) is 48.0 Å². The summed E-state index contributed by atoms with van der Waals surface area (Å²) in [6, 6.07) is 19.4. The van der Waals surface area contributed by atoms with Gasteiger partial charge in [-0.2, -0.15) is 5.10 Å². The third kappa shape index (κ3) is 6.27. The Bertz CT molecular complexity index is 1600. The Kier molecular flexibility index (Phi) is 8.10. The van der Waals surface area contributed by atoms with Crippen molar-refractivity contribution in [2.45, 2.75) is 19.9 Å². The molecular formula is C31H28N4O6. The lowest BCUT2D eigenvalue weighted by atomic mass is 10.0. The van der Waals surface area contributed by atoms with Gasteiger partial charge in [0.05, 0.1) is 35.5 Å². The predicted molar refractivity (Wildman–Crippen MR) is 151 cm³/mol. The molecule has 0 bridgehead atoms. The highest BCUT2D eigenvalue weighted by Crippen LogP contribution is 2.29. The molecule has 2 N–H and O–H groups in total. The average Bonchev–Trinajstić information content (AvgIpc) is 3.67. The van der Waals surface area contributed by atoms with Gasteiger partial charge in [-0.15, -0.1) is 0 Å². The standard InChI is InChI=1S/C31H28N4O6/c1-3-39-30(37)27-24(32-31(38)33-29(27)25-10-7-17-40-25)19-41-26(36)16-15-22-18-35(23-8-5-4-6-9-23)34-28(22)21-13-11-20(2)12-14-21/h4-18,29H,3,19H2,1-2H3,(H2,32,33,38)/b16-15-/t29-/m0/s1. The summed E-state index contributed by atoms with van der Waals surface area (Å²) in [5, 5.41) is 9.96. The van der Waals surface area contributed by atoms with Crippen LogP contribution in [0.2, 0.25) is 0 Å². The molecule has 0 saturated carbocycles. The van der Waals surface area contributed by atoms with Crippen LogP contribution in [-0.2, 0) is 19.1 Å². The number of benzene rings is 2. The number of nitrogens with zero attached hydrogens (tertiary/aromatic N) is 2. The second-order valence-corrected chi connectivity index (χ2v) is 9.18. The third-order valence-electron chi connectivity index (χ3n) is 6.32. The normalized spacial score (nSPS) is 15.0. The molecule has 2 aromatic carbocycles. The highest BCUT2D eigenvalue weighted by atomic mass is 16.5. The lowest BCUT2D eigenvalue weighted by molar-refractivity contribution is -0.140. The summed E-state index contributed by atoms with van der Waals surface area (Å²) in [5.74, 6) is -1.00. The molecule has 10 heteroatoms. The zero-order chi connectivity index (χ0) is 28.8. The van der Waals surface area contributed by atoms with E-state index in [9.17, 15) is 14.4 Å². The average molecular weight is 553 g/mol. The Labute approximate surface area is 236 Å². The topological polar surface area (TPSA) is 125 Å². The lowest BCUT2D eigenvalue weighted by Crippen LogP contribution is -2.47. The SMILES string of the molecule is CCOC(=O)C1=C(COC(=O)/C=C\c2cn(-c3ccccc3)nc2-c2ccc(C)cc2)NC(=O)N[C@H]1c1ccco1. The maximum absolute atomic E-state index is 12.8. The predicted octanol–water partition coefficient (Wildman–Crippen LogP) is 4.87. The van der Waals surface area contributed by atoms with Gasteiger partial charge in [0.25, 0.3) is 0 Å². The van der Waals surface area contributed by atoms with Crippen molar-refractivity contribution in [3.63, 3.8) is 0 Å². The number of nitrogens with one attached hydrogen (secondary N) is 2. The summed E-state index contributed by atoms with van der Waals surface area (Å²) in [7, 11) is 0. The molecule has 2 amide bonds. The number of ether oxygens (including phenoxy) is 2. The molecule has 0 unspecified atom stereocenters. The first kappa shape index (κ1) is 27.2. The highest BCUT2D eigenvalue weighted by molar-refractivity contribution is 5.95. The molecule has 5 rings (SSSR count). The minimum Gasteiger partial charge on any atom is -0.467 e. The first-order valence-corrected chi connectivity index (χ1v) is 13.0. The van der Waals surface area contributed by atoms with Crippen molar-refractivity contribution in [3.05, 3.63) is 113 Å². The zero-order valence-electron chi connectivity index (χ0n) is 22.5. The Morgan fingerprint density at radius 3 is 2.54 bits per heavy atom. The van der Waals surface area contributed by atoms with Gasteiger partial charge in [0.2, 0.25) is 0 Å². The number of aryl methyl sites for hydroxylation is 1. The molecule has 0 fully saturated rings. The fourth-order valence-electron chi connectivity index (χ4n) is 4.36. The number of para-hydroxylation sites is 1. The number of urea groups is 1. The molecule has 0 aliphatic carbocycles. The molecule has 1 aliphatic rings. The van der Waals surface area contributed by atoms with Gasteiger partial charge in [0.1, 0.15) is 18.4 Å². The second-order valence-electron chi connectivity index (χ2n) is 9.18. The second kappa shape index (κ2) is 12.2. The van der Waals surface area contributed by atoms with Crippen LogP contribution < -0.4 is 10.6 Å². The summed E-state index contributed by atoms with van der Waals surface area (Å²) in [5.41, 5.74) is 4.47. The number of furan rings is 1. The van der Waals surface area contributed by atoms with E-state index in [1.807, 2.05) is 67.7 Å². The van der Waals surface area contributed by atoms with Crippen LogP contribution in [-0.4, -0.2) is 41.0 Å². The quantitative estimate of drug-likeness (QED) is 0.224. The Morgan fingerprint density at radius 1 is 1.05 bits per heavy atom. The fourth-order valence-corrected chi connectivity index (χ4v) is 4.36. The van der Waals surface area contributed by atoms with Crippen molar-refractivity contribution in [2.75, 3.05) is 13.2 Å². The number of hydrogen-bond donors (Lipinski definition) is 2. The molecule has 0 radical (unpaired) electrons. The number of aromatic nitrogens is 2. The number of rotatable bonds is 9. The van der Waals surface area contributed by atoms with Crippen LogP contribution in [0.25, 0.3) is 23.0 Å². The van der Waals surface area contributed by atoms with E-state index in [4.69, 9.17) is 19.0 Å². The fraction of sp³-hybridized carbons (Fsp3) is 0.161. The Hall–Kier alpha value is -5.38. The summed E-state index contributed by atoms with van der Waals surface area (Å²) < 4.78 is 17.8. The van der Waals surface area contributed by atoms with Gasteiger partial charge in [0.15, 0.2) is 0 Å². The van der Waals surface area contributed by atoms with Crippen molar-refractivity contribution < 1.29 is 28.3 Å². The summed E-state index contributed by atoms with van der Waals surface area (Å²) in [4.78, 5) is 38.0. The highest BCUT2D eigenvalue weighted by Gasteiger charge is 2.35. The first-order valence-electron chi connectivity index (χ1n) is 13.0. The van der Waals surface area contributed by atoms with Crippen LogP contribution in [0.5, 0.6) is 0 Å². The molecular weight excluding hydrogens is 524 g/mol. The van der Waals surface area contributed by atoms with Crippen LogP contribution in [0.4, 0.5) is 4.79 Å². The van der Waals surface area contributed by atoms with Crippen molar-refractivity contribution in [1.29, 1.82) is 0 Å². The molecule has 1 aliphatic heterocycles. The smallest absolute Gasteiger partial charge is 0.338 e. The Morgan fingerprint density at radius 2 is 1.83 bits per heavy atom. The van der Waals surface area contributed by atoms with Crippen LogP contribution >= 0.6 is 0 Å². The third-order valence-corrected chi connectivity index (χ3v) is 6.32. The van der Waals surface area contributed by atoms with Gasteiger partial charge >= 0.3 is 18.0 Å². The monoisotopic (exact) mass is 552 g/mol. The van der Waals surface area contributed by atoms with Crippen LogP contribution in [0, 0.1) is 6.92 Å². The first-order chi connectivity index (χ1) is 19.9. The van der Waals surface area contributed by atoms with Gasteiger partial charge in [-0.25, -0.2) is 19.1 Å².